The summed E-state index contributed by atoms with van der Waals surface area (Å²) in [5, 5.41) is 0.627. The first-order chi connectivity index (χ1) is 15.4. The maximum Gasteiger partial charge on any atom is 0.260 e. The number of ether oxygens (including phenoxy) is 2. The monoisotopic (exact) mass is 456 g/mol. The van der Waals surface area contributed by atoms with Gasteiger partial charge in [0, 0.05) is 37.4 Å². The Morgan fingerprint density at radius 1 is 0.938 bits per heavy atom. The molecule has 1 amide bonds. The maximum atomic E-state index is 13.6. The van der Waals surface area contributed by atoms with Gasteiger partial charge in [-0.05, 0) is 64.3 Å². The van der Waals surface area contributed by atoms with Gasteiger partial charge < -0.3 is 19.3 Å². The molecule has 1 aromatic heterocycles. The second kappa shape index (κ2) is 10.7. The van der Waals surface area contributed by atoms with Crippen LogP contribution in [0.1, 0.15) is 24.2 Å². The number of likely N-dealkylation sites (N-methyl/N-ethyl adjacent to an activating group) is 1. The minimum Gasteiger partial charge on any atom is -0.495 e. The van der Waals surface area contributed by atoms with Crippen molar-refractivity contribution in [3.8, 4) is 11.5 Å². The van der Waals surface area contributed by atoms with Crippen LogP contribution in [0, 0.1) is 0 Å². The van der Waals surface area contributed by atoms with Crippen molar-refractivity contribution in [1.82, 2.24) is 9.88 Å². The van der Waals surface area contributed by atoms with Gasteiger partial charge in [-0.2, -0.15) is 0 Å². The van der Waals surface area contributed by atoms with Crippen LogP contribution in [0.2, 0.25) is 0 Å². The van der Waals surface area contributed by atoms with Gasteiger partial charge in [0.1, 0.15) is 21.7 Å². The number of methoxy groups -OCH3 is 2. The van der Waals surface area contributed by atoms with E-state index in [1.165, 1.54) is 11.3 Å². The average molecular weight is 457 g/mol. The van der Waals surface area contributed by atoms with Crippen molar-refractivity contribution in [2.75, 3.05) is 64.3 Å². The number of rotatable bonds is 10. The Labute approximate surface area is 194 Å². The Balaban J connectivity index is 2.00. The van der Waals surface area contributed by atoms with E-state index in [0.717, 1.165) is 23.5 Å². The van der Waals surface area contributed by atoms with Crippen LogP contribution in [0.5, 0.6) is 11.5 Å². The van der Waals surface area contributed by atoms with Crippen LogP contribution in [0.25, 0.3) is 10.2 Å². The van der Waals surface area contributed by atoms with Gasteiger partial charge in [0.25, 0.3) is 5.91 Å². The van der Waals surface area contributed by atoms with Crippen molar-refractivity contribution in [2.24, 2.45) is 0 Å². The quantitative estimate of drug-likeness (QED) is 0.452. The molecular weight excluding hydrogens is 424 g/mol. The van der Waals surface area contributed by atoms with Gasteiger partial charge in [-0.25, -0.2) is 4.98 Å². The van der Waals surface area contributed by atoms with Crippen molar-refractivity contribution < 1.29 is 14.3 Å². The SMILES string of the molecule is CCN(CC)c1ccc(C(=O)N(CCN(C)C)c2nc3c(OC)ccc(OC)c3s2)cc1. The summed E-state index contributed by atoms with van der Waals surface area (Å²) in [6, 6.07) is 11.5. The molecule has 0 unspecified atom stereocenters. The molecule has 32 heavy (non-hydrogen) atoms. The van der Waals surface area contributed by atoms with Crippen LogP contribution in [0.3, 0.4) is 0 Å². The summed E-state index contributed by atoms with van der Waals surface area (Å²) in [6.07, 6.45) is 0. The third kappa shape index (κ3) is 4.97. The molecule has 0 spiro atoms. The fraction of sp³-hybridized carbons (Fsp3) is 0.417. The lowest BCUT2D eigenvalue weighted by Crippen LogP contribution is -2.36. The summed E-state index contributed by atoms with van der Waals surface area (Å²) < 4.78 is 11.9. The standard InChI is InChI=1S/C24H32N4O3S/c1-7-27(8-2)18-11-9-17(10-12-18)23(29)28(16-15-26(3)4)24-25-21-19(30-5)13-14-20(31-6)22(21)32-24/h9-14H,7-8,15-16H2,1-6H3. The first-order valence-electron chi connectivity index (χ1n) is 10.8. The zero-order chi connectivity index (χ0) is 23.3. The Morgan fingerprint density at radius 2 is 1.56 bits per heavy atom. The molecule has 0 aliphatic carbocycles. The molecule has 0 fully saturated rings. The number of nitrogens with zero attached hydrogens (tertiary/aromatic N) is 4. The van der Waals surface area contributed by atoms with Gasteiger partial charge in [0.05, 0.1) is 14.2 Å². The topological polar surface area (TPSA) is 58.1 Å². The van der Waals surface area contributed by atoms with Crippen LogP contribution >= 0.6 is 11.3 Å². The second-order valence-corrected chi connectivity index (χ2v) is 8.60. The predicted molar refractivity (Wildman–Crippen MR) is 133 cm³/mol. The second-order valence-electron chi connectivity index (χ2n) is 7.62. The van der Waals surface area contributed by atoms with E-state index in [0.29, 0.717) is 40.8 Å². The van der Waals surface area contributed by atoms with Crippen LogP contribution in [-0.4, -0.2) is 70.3 Å². The lowest BCUT2D eigenvalue weighted by Gasteiger charge is -2.23. The van der Waals surface area contributed by atoms with E-state index in [9.17, 15) is 4.79 Å². The first-order valence-corrected chi connectivity index (χ1v) is 11.6. The Kier molecular flexibility index (Phi) is 7.93. The van der Waals surface area contributed by atoms with Crippen molar-refractivity contribution >= 4 is 38.3 Å². The van der Waals surface area contributed by atoms with Crippen LogP contribution in [-0.2, 0) is 0 Å². The zero-order valence-electron chi connectivity index (χ0n) is 19.7. The Bertz CT molecular complexity index is 1000. The number of aromatic nitrogens is 1. The molecule has 3 rings (SSSR count). The number of amides is 1. The maximum absolute atomic E-state index is 13.6. The molecule has 0 atom stereocenters. The molecule has 7 nitrogen and oxygen atoms in total. The van der Waals surface area contributed by atoms with E-state index in [-0.39, 0.29) is 5.91 Å². The largest absolute Gasteiger partial charge is 0.495 e. The van der Waals surface area contributed by atoms with E-state index in [1.807, 2.05) is 50.5 Å². The molecule has 0 radical (unpaired) electrons. The fourth-order valence-electron chi connectivity index (χ4n) is 3.53. The number of carbonyl (C=O) groups is 1. The highest BCUT2D eigenvalue weighted by molar-refractivity contribution is 7.22. The van der Waals surface area contributed by atoms with E-state index >= 15 is 0 Å². The van der Waals surface area contributed by atoms with Crippen molar-refractivity contribution in [2.45, 2.75) is 13.8 Å². The van der Waals surface area contributed by atoms with Crippen molar-refractivity contribution in [3.05, 3.63) is 42.0 Å². The van der Waals surface area contributed by atoms with Gasteiger partial charge >= 0.3 is 0 Å². The summed E-state index contributed by atoms with van der Waals surface area (Å²) in [7, 11) is 7.23. The van der Waals surface area contributed by atoms with Gasteiger partial charge in [-0.15, -0.1) is 0 Å². The highest BCUT2D eigenvalue weighted by Gasteiger charge is 2.24. The summed E-state index contributed by atoms with van der Waals surface area (Å²) in [6.45, 7) is 7.34. The molecule has 0 N–H and O–H groups in total. The Morgan fingerprint density at radius 3 is 2.12 bits per heavy atom. The summed E-state index contributed by atoms with van der Waals surface area (Å²) >= 11 is 1.44. The van der Waals surface area contributed by atoms with Crippen molar-refractivity contribution in [1.29, 1.82) is 0 Å². The van der Waals surface area contributed by atoms with Crippen LogP contribution in [0.15, 0.2) is 36.4 Å². The minimum atomic E-state index is -0.0741. The smallest absolute Gasteiger partial charge is 0.260 e. The average Bonchev–Trinajstić information content (AvgIpc) is 3.24. The normalized spacial score (nSPS) is 11.1. The highest BCUT2D eigenvalue weighted by Crippen LogP contribution is 2.40. The van der Waals surface area contributed by atoms with Gasteiger partial charge in [-0.1, -0.05) is 11.3 Å². The van der Waals surface area contributed by atoms with Gasteiger partial charge in [0.2, 0.25) is 0 Å². The molecule has 0 saturated carbocycles. The fourth-order valence-corrected chi connectivity index (χ4v) is 4.63. The molecule has 0 aliphatic rings. The van der Waals surface area contributed by atoms with E-state index in [2.05, 4.69) is 23.6 Å². The minimum absolute atomic E-state index is 0.0741. The lowest BCUT2D eigenvalue weighted by molar-refractivity contribution is 0.0985. The number of hydrogen-bond donors (Lipinski definition) is 0. The third-order valence-corrected chi connectivity index (χ3v) is 6.48. The van der Waals surface area contributed by atoms with E-state index < -0.39 is 0 Å². The number of hydrogen-bond acceptors (Lipinski definition) is 7. The van der Waals surface area contributed by atoms with Crippen molar-refractivity contribution in [3.63, 3.8) is 0 Å². The molecular formula is C24H32N4O3S. The first kappa shape index (κ1) is 23.8. The molecule has 1 heterocycles. The molecule has 3 aromatic rings. The number of fused-ring (bicyclic) bond motifs is 1. The molecule has 2 aromatic carbocycles. The molecule has 0 saturated heterocycles. The summed E-state index contributed by atoms with van der Waals surface area (Å²) in [5.41, 5.74) is 2.45. The lowest BCUT2D eigenvalue weighted by atomic mass is 10.1. The Hall–Kier alpha value is -2.84. The van der Waals surface area contributed by atoms with Gasteiger partial charge in [0.15, 0.2) is 5.13 Å². The van der Waals surface area contributed by atoms with Crippen LogP contribution < -0.4 is 19.3 Å². The molecule has 172 valence electrons. The van der Waals surface area contributed by atoms with Gasteiger partial charge in [-0.3, -0.25) is 9.69 Å². The number of anilines is 2. The summed E-state index contributed by atoms with van der Waals surface area (Å²) in [5.74, 6) is 1.30. The number of benzene rings is 2. The molecule has 8 heteroatoms. The number of thiazole rings is 1. The predicted octanol–water partition coefficient (Wildman–Crippen LogP) is 4.37. The van der Waals surface area contributed by atoms with Crippen LogP contribution in [0.4, 0.5) is 10.8 Å². The zero-order valence-corrected chi connectivity index (χ0v) is 20.5. The molecule has 0 bridgehead atoms. The third-order valence-electron chi connectivity index (χ3n) is 5.39. The summed E-state index contributed by atoms with van der Waals surface area (Å²) in [4.78, 5) is 24.4. The highest BCUT2D eigenvalue weighted by atomic mass is 32.1. The van der Waals surface area contributed by atoms with E-state index in [4.69, 9.17) is 14.5 Å². The number of carbonyl (C=O) groups excluding carboxylic acids is 1. The molecule has 0 aliphatic heterocycles. The van der Waals surface area contributed by atoms with E-state index in [1.54, 1.807) is 19.1 Å².